The summed E-state index contributed by atoms with van der Waals surface area (Å²) in [5.74, 6) is 0.760. The Bertz CT molecular complexity index is 133. The first-order valence-corrected chi connectivity index (χ1v) is 3.11. The molecule has 0 aliphatic carbocycles. The van der Waals surface area contributed by atoms with Crippen LogP contribution in [0, 0.1) is 0 Å². The van der Waals surface area contributed by atoms with E-state index in [0.717, 1.165) is 12.5 Å². The minimum Gasteiger partial charge on any atom is -0.478 e. The third-order valence-corrected chi connectivity index (χ3v) is 1.47. The molecule has 0 saturated heterocycles. The predicted molar refractivity (Wildman–Crippen MR) is 36.3 cm³/mol. The first-order valence-electron chi connectivity index (χ1n) is 3.11. The number of hydrogen-bond donors (Lipinski definition) is 0. The molecular weight excluding hydrogens is 116 g/mol. The first kappa shape index (κ1) is 6.39. The van der Waals surface area contributed by atoms with Gasteiger partial charge in [0.1, 0.15) is 6.61 Å². The third kappa shape index (κ3) is 1.34. The van der Waals surface area contributed by atoms with Crippen molar-refractivity contribution in [2.75, 3.05) is 13.7 Å². The van der Waals surface area contributed by atoms with Crippen LogP contribution >= 0.6 is 0 Å². The van der Waals surface area contributed by atoms with Crippen LogP contribution in [-0.4, -0.2) is 30.6 Å². The Morgan fingerprint density at radius 3 is 2.89 bits per heavy atom. The van der Waals surface area contributed by atoms with Gasteiger partial charge >= 0.3 is 0 Å². The zero-order chi connectivity index (χ0) is 6.85. The molecule has 0 N–H and O–H groups in total. The third-order valence-electron chi connectivity index (χ3n) is 1.47. The number of ether oxygens (including phenoxy) is 1. The summed E-state index contributed by atoms with van der Waals surface area (Å²) in [5.41, 5.74) is 0. The molecule has 0 saturated carbocycles. The Morgan fingerprint density at radius 2 is 2.44 bits per heavy atom. The average Bonchev–Trinajstić information content (AvgIpc) is 1.80. The second-order valence-corrected chi connectivity index (χ2v) is 2.35. The molecule has 0 fully saturated rings. The molecule has 1 rings (SSSR count). The summed E-state index contributed by atoms with van der Waals surface area (Å²) in [6.45, 7) is 4.70. The van der Waals surface area contributed by atoms with Crippen molar-refractivity contribution in [2.45, 2.75) is 19.9 Å². The summed E-state index contributed by atoms with van der Waals surface area (Å²) in [7, 11) is 1.96. The van der Waals surface area contributed by atoms with Gasteiger partial charge in [-0.15, -0.1) is 5.10 Å². The van der Waals surface area contributed by atoms with Gasteiger partial charge in [0, 0.05) is 14.0 Å². The van der Waals surface area contributed by atoms with E-state index in [1.165, 1.54) is 0 Å². The first-order chi connectivity index (χ1) is 4.20. The Hall–Kier alpha value is -0.730. The van der Waals surface area contributed by atoms with E-state index in [4.69, 9.17) is 4.74 Å². The monoisotopic (exact) mass is 128 g/mol. The SMILES string of the molecule is CC1=NN(C)C(C)CO1. The van der Waals surface area contributed by atoms with Crippen LogP contribution < -0.4 is 0 Å². The summed E-state index contributed by atoms with van der Waals surface area (Å²) < 4.78 is 5.17. The largest absolute Gasteiger partial charge is 0.478 e. The highest BCUT2D eigenvalue weighted by molar-refractivity contribution is 5.73. The van der Waals surface area contributed by atoms with Crippen LogP contribution in [0.15, 0.2) is 5.10 Å². The molecule has 0 aromatic rings. The van der Waals surface area contributed by atoms with Gasteiger partial charge in [-0.05, 0) is 6.92 Å². The molecule has 9 heavy (non-hydrogen) atoms. The van der Waals surface area contributed by atoms with Gasteiger partial charge in [0.2, 0.25) is 5.90 Å². The second kappa shape index (κ2) is 2.25. The number of hydrazone groups is 1. The van der Waals surface area contributed by atoms with Crippen molar-refractivity contribution >= 4 is 5.90 Å². The Kier molecular flexibility index (Phi) is 1.60. The van der Waals surface area contributed by atoms with Crippen LogP contribution in [0.1, 0.15) is 13.8 Å². The summed E-state index contributed by atoms with van der Waals surface area (Å²) in [6.07, 6.45) is 0. The summed E-state index contributed by atoms with van der Waals surface area (Å²) in [6, 6.07) is 0.411. The van der Waals surface area contributed by atoms with Gasteiger partial charge in [-0.3, -0.25) is 5.01 Å². The standard InChI is InChI=1S/C6H12N2O/c1-5-4-9-6(2)7-8(5)3/h5H,4H2,1-3H3. The van der Waals surface area contributed by atoms with Gasteiger partial charge in [0.25, 0.3) is 0 Å². The van der Waals surface area contributed by atoms with Crippen LogP contribution in [-0.2, 0) is 4.74 Å². The van der Waals surface area contributed by atoms with Gasteiger partial charge in [-0.2, -0.15) is 0 Å². The normalized spacial score (nSPS) is 27.2. The molecule has 0 spiro atoms. The highest BCUT2D eigenvalue weighted by Crippen LogP contribution is 2.03. The lowest BCUT2D eigenvalue weighted by molar-refractivity contribution is 0.131. The smallest absolute Gasteiger partial charge is 0.202 e. The Balaban J connectivity index is 2.58. The van der Waals surface area contributed by atoms with Crippen molar-refractivity contribution in [3.63, 3.8) is 0 Å². The predicted octanol–water partition coefficient (Wildman–Crippen LogP) is 0.670. The molecule has 0 amide bonds. The molecule has 1 aliphatic heterocycles. The highest BCUT2D eigenvalue weighted by Gasteiger charge is 2.12. The van der Waals surface area contributed by atoms with Crippen molar-refractivity contribution in [1.82, 2.24) is 5.01 Å². The lowest BCUT2D eigenvalue weighted by Gasteiger charge is -2.26. The van der Waals surface area contributed by atoms with E-state index in [0.29, 0.717) is 6.04 Å². The van der Waals surface area contributed by atoms with Gasteiger partial charge < -0.3 is 4.74 Å². The molecule has 1 atom stereocenters. The number of rotatable bonds is 0. The topological polar surface area (TPSA) is 24.8 Å². The quantitative estimate of drug-likeness (QED) is 0.479. The van der Waals surface area contributed by atoms with Crippen LogP contribution in [0.2, 0.25) is 0 Å². The molecule has 0 aromatic carbocycles. The Labute approximate surface area is 55.3 Å². The Morgan fingerprint density at radius 1 is 1.78 bits per heavy atom. The number of likely N-dealkylation sites (N-methyl/N-ethyl adjacent to an activating group) is 1. The van der Waals surface area contributed by atoms with E-state index < -0.39 is 0 Å². The van der Waals surface area contributed by atoms with Crippen molar-refractivity contribution in [3.05, 3.63) is 0 Å². The molecular formula is C6H12N2O. The van der Waals surface area contributed by atoms with Gasteiger partial charge in [-0.25, -0.2) is 0 Å². The van der Waals surface area contributed by atoms with E-state index in [2.05, 4.69) is 12.0 Å². The zero-order valence-corrected chi connectivity index (χ0v) is 6.09. The van der Waals surface area contributed by atoms with Gasteiger partial charge in [-0.1, -0.05) is 0 Å². The number of hydrogen-bond acceptors (Lipinski definition) is 3. The fourth-order valence-corrected chi connectivity index (χ4v) is 0.699. The van der Waals surface area contributed by atoms with Crippen LogP contribution in [0.25, 0.3) is 0 Å². The molecule has 1 aliphatic rings. The lowest BCUT2D eigenvalue weighted by atomic mass is 10.3. The molecule has 1 unspecified atom stereocenters. The summed E-state index contributed by atoms with van der Waals surface area (Å²) in [4.78, 5) is 0. The van der Waals surface area contributed by atoms with E-state index in [1.54, 1.807) is 0 Å². The van der Waals surface area contributed by atoms with Crippen molar-refractivity contribution in [2.24, 2.45) is 5.10 Å². The van der Waals surface area contributed by atoms with Crippen LogP contribution in [0.4, 0.5) is 0 Å². The van der Waals surface area contributed by atoms with E-state index >= 15 is 0 Å². The summed E-state index contributed by atoms with van der Waals surface area (Å²) in [5, 5.41) is 6.01. The van der Waals surface area contributed by atoms with Crippen molar-refractivity contribution in [1.29, 1.82) is 0 Å². The molecule has 3 heteroatoms. The maximum atomic E-state index is 5.17. The highest BCUT2D eigenvalue weighted by atomic mass is 16.5. The van der Waals surface area contributed by atoms with Gasteiger partial charge in [0.05, 0.1) is 6.04 Å². The molecule has 0 radical (unpaired) electrons. The van der Waals surface area contributed by atoms with Crippen LogP contribution in [0.5, 0.6) is 0 Å². The van der Waals surface area contributed by atoms with Gasteiger partial charge in [0.15, 0.2) is 0 Å². The second-order valence-electron chi connectivity index (χ2n) is 2.35. The maximum absolute atomic E-state index is 5.17. The fourth-order valence-electron chi connectivity index (χ4n) is 0.699. The molecule has 0 aromatic heterocycles. The summed E-state index contributed by atoms with van der Waals surface area (Å²) >= 11 is 0. The zero-order valence-electron chi connectivity index (χ0n) is 6.09. The van der Waals surface area contributed by atoms with E-state index in [9.17, 15) is 0 Å². The van der Waals surface area contributed by atoms with Crippen molar-refractivity contribution < 1.29 is 4.74 Å². The number of nitrogens with zero attached hydrogens (tertiary/aromatic N) is 2. The van der Waals surface area contributed by atoms with E-state index in [1.807, 2.05) is 19.0 Å². The molecule has 3 nitrogen and oxygen atoms in total. The lowest BCUT2D eigenvalue weighted by Crippen LogP contribution is -2.34. The minimum atomic E-state index is 0.411. The minimum absolute atomic E-state index is 0.411. The molecule has 0 bridgehead atoms. The average molecular weight is 128 g/mol. The van der Waals surface area contributed by atoms with Crippen LogP contribution in [0.3, 0.4) is 0 Å². The molecule has 1 heterocycles. The molecule has 52 valence electrons. The fraction of sp³-hybridized carbons (Fsp3) is 0.833. The van der Waals surface area contributed by atoms with E-state index in [-0.39, 0.29) is 0 Å². The maximum Gasteiger partial charge on any atom is 0.202 e. The van der Waals surface area contributed by atoms with Crippen molar-refractivity contribution in [3.8, 4) is 0 Å².